The molecule has 2 heteroatoms. The van der Waals surface area contributed by atoms with Crippen molar-refractivity contribution in [3.8, 4) is 0 Å². The monoisotopic (exact) mass is 223 g/mol. The minimum atomic E-state index is 0.493. The minimum absolute atomic E-state index is 0.493. The largest absolute Gasteiger partial charge is 0.307 e. The number of hydrogen-bond acceptors (Lipinski definition) is 1. The highest BCUT2D eigenvalue weighted by Crippen LogP contribution is 2.25. The summed E-state index contributed by atoms with van der Waals surface area (Å²) in [5.74, 6) is 0. The van der Waals surface area contributed by atoms with E-state index < -0.39 is 0 Å². The van der Waals surface area contributed by atoms with Gasteiger partial charge in [0.2, 0.25) is 0 Å². The van der Waals surface area contributed by atoms with E-state index in [1.165, 1.54) is 24.8 Å². The zero-order valence-electron chi connectivity index (χ0n) is 9.17. The van der Waals surface area contributed by atoms with Crippen molar-refractivity contribution in [2.45, 2.75) is 44.7 Å². The van der Waals surface area contributed by atoms with E-state index in [1.807, 2.05) is 12.1 Å². The second-order valence-electron chi connectivity index (χ2n) is 4.31. The summed E-state index contributed by atoms with van der Waals surface area (Å²) >= 11 is 5.88. The Morgan fingerprint density at radius 2 is 2.00 bits per heavy atom. The second-order valence-corrected chi connectivity index (χ2v) is 4.74. The molecule has 0 radical (unpaired) electrons. The van der Waals surface area contributed by atoms with Crippen LogP contribution in [0.4, 0.5) is 0 Å². The Balaban J connectivity index is 2.01. The first-order chi connectivity index (χ1) is 7.29. The summed E-state index contributed by atoms with van der Waals surface area (Å²) in [6.07, 6.45) is 5.20. The van der Waals surface area contributed by atoms with E-state index in [0.717, 1.165) is 17.5 Å². The van der Waals surface area contributed by atoms with Gasteiger partial charge in [-0.25, -0.2) is 0 Å². The SMILES string of the molecule is CCC(NC1CCC1)c1ccc(Cl)cc1. The Hall–Kier alpha value is -0.530. The van der Waals surface area contributed by atoms with Crippen molar-refractivity contribution in [2.24, 2.45) is 0 Å². The highest BCUT2D eigenvalue weighted by Gasteiger charge is 2.20. The highest BCUT2D eigenvalue weighted by molar-refractivity contribution is 6.30. The van der Waals surface area contributed by atoms with Gasteiger partial charge in [-0.1, -0.05) is 37.1 Å². The zero-order chi connectivity index (χ0) is 10.7. The van der Waals surface area contributed by atoms with Crippen LogP contribution < -0.4 is 5.32 Å². The molecular formula is C13H18ClN. The molecular weight excluding hydrogens is 206 g/mol. The van der Waals surface area contributed by atoms with E-state index in [4.69, 9.17) is 11.6 Å². The molecule has 2 rings (SSSR count). The summed E-state index contributed by atoms with van der Waals surface area (Å²) in [5, 5.41) is 4.51. The second kappa shape index (κ2) is 5.00. The van der Waals surface area contributed by atoms with Gasteiger partial charge in [0.1, 0.15) is 0 Å². The summed E-state index contributed by atoms with van der Waals surface area (Å²) in [7, 11) is 0. The third-order valence-corrected chi connectivity index (χ3v) is 3.47. The van der Waals surface area contributed by atoms with Crippen molar-refractivity contribution in [1.29, 1.82) is 0 Å². The number of rotatable bonds is 4. The molecule has 0 aromatic heterocycles. The number of halogens is 1. The van der Waals surface area contributed by atoms with E-state index >= 15 is 0 Å². The summed E-state index contributed by atoms with van der Waals surface area (Å²) in [6, 6.07) is 9.44. The fourth-order valence-electron chi connectivity index (χ4n) is 2.00. The van der Waals surface area contributed by atoms with Crippen LogP contribution in [0.2, 0.25) is 5.02 Å². The lowest BCUT2D eigenvalue weighted by atomic mass is 9.91. The lowest BCUT2D eigenvalue weighted by Gasteiger charge is -2.31. The van der Waals surface area contributed by atoms with E-state index in [2.05, 4.69) is 24.4 Å². The van der Waals surface area contributed by atoms with Gasteiger partial charge in [-0.2, -0.15) is 0 Å². The van der Waals surface area contributed by atoms with Gasteiger partial charge in [0.25, 0.3) is 0 Å². The van der Waals surface area contributed by atoms with Crippen LogP contribution in [0.5, 0.6) is 0 Å². The van der Waals surface area contributed by atoms with Gasteiger partial charge in [-0.3, -0.25) is 0 Å². The number of benzene rings is 1. The first-order valence-corrected chi connectivity index (χ1v) is 6.19. The van der Waals surface area contributed by atoms with Gasteiger partial charge in [-0.15, -0.1) is 0 Å². The minimum Gasteiger partial charge on any atom is -0.307 e. The molecule has 1 aromatic carbocycles. The molecule has 82 valence electrons. The molecule has 0 saturated heterocycles. The van der Waals surface area contributed by atoms with E-state index in [9.17, 15) is 0 Å². The molecule has 1 N–H and O–H groups in total. The molecule has 0 spiro atoms. The lowest BCUT2D eigenvalue weighted by molar-refractivity contribution is 0.302. The first kappa shape index (κ1) is 11.0. The fourth-order valence-corrected chi connectivity index (χ4v) is 2.13. The fraction of sp³-hybridized carbons (Fsp3) is 0.538. The zero-order valence-corrected chi connectivity index (χ0v) is 9.93. The maximum atomic E-state index is 5.88. The third-order valence-electron chi connectivity index (χ3n) is 3.22. The molecule has 1 nitrogen and oxygen atoms in total. The van der Waals surface area contributed by atoms with E-state index in [-0.39, 0.29) is 0 Å². The smallest absolute Gasteiger partial charge is 0.0406 e. The molecule has 1 fully saturated rings. The molecule has 1 atom stereocenters. The van der Waals surface area contributed by atoms with Crippen molar-refractivity contribution < 1.29 is 0 Å². The lowest BCUT2D eigenvalue weighted by Crippen LogP contribution is -2.37. The highest BCUT2D eigenvalue weighted by atomic mass is 35.5. The van der Waals surface area contributed by atoms with Gasteiger partial charge < -0.3 is 5.32 Å². The average molecular weight is 224 g/mol. The average Bonchev–Trinajstić information content (AvgIpc) is 2.19. The number of hydrogen-bond donors (Lipinski definition) is 1. The van der Waals surface area contributed by atoms with Crippen molar-refractivity contribution >= 4 is 11.6 Å². The van der Waals surface area contributed by atoms with Gasteiger partial charge in [0.15, 0.2) is 0 Å². The van der Waals surface area contributed by atoms with Gasteiger partial charge in [-0.05, 0) is 37.0 Å². The van der Waals surface area contributed by atoms with Crippen LogP contribution in [0, 0.1) is 0 Å². The molecule has 15 heavy (non-hydrogen) atoms. The molecule has 1 aliphatic rings. The molecule has 1 saturated carbocycles. The Morgan fingerprint density at radius 3 is 2.47 bits per heavy atom. The van der Waals surface area contributed by atoms with Gasteiger partial charge in [0, 0.05) is 17.1 Å². The normalized spacial score (nSPS) is 18.5. The van der Waals surface area contributed by atoms with Crippen LogP contribution >= 0.6 is 11.6 Å². The molecule has 0 aliphatic heterocycles. The molecule has 1 aliphatic carbocycles. The van der Waals surface area contributed by atoms with Gasteiger partial charge in [0.05, 0.1) is 0 Å². The van der Waals surface area contributed by atoms with Gasteiger partial charge >= 0.3 is 0 Å². The van der Waals surface area contributed by atoms with Crippen LogP contribution in [0.25, 0.3) is 0 Å². The Labute approximate surface area is 96.8 Å². The standard InChI is InChI=1S/C13H18ClN/c1-2-13(15-12-4-3-5-12)10-6-8-11(14)9-7-10/h6-9,12-13,15H,2-5H2,1H3. The summed E-state index contributed by atoms with van der Waals surface area (Å²) < 4.78 is 0. The molecule has 1 aromatic rings. The maximum absolute atomic E-state index is 5.88. The maximum Gasteiger partial charge on any atom is 0.0406 e. The predicted octanol–water partition coefficient (Wildman–Crippen LogP) is 3.93. The summed E-state index contributed by atoms with van der Waals surface area (Å²) in [4.78, 5) is 0. The quantitative estimate of drug-likeness (QED) is 0.816. The molecule has 0 bridgehead atoms. The first-order valence-electron chi connectivity index (χ1n) is 5.81. The van der Waals surface area contributed by atoms with Crippen molar-refractivity contribution in [3.63, 3.8) is 0 Å². The summed E-state index contributed by atoms with van der Waals surface area (Å²) in [6.45, 7) is 2.23. The Bertz CT molecular complexity index is 303. The third kappa shape index (κ3) is 2.73. The van der Waals surface area contributed by atoms with Crippen LogP contribution in [0.3, 0.4) is 0 Å². The topological polar surface area (TPSA) is 12.0 Å². The molecule has 0 amide bonds. The number of nitrogens with one attached hydrogen (secondary N) is 1. The Kier molecular flexibility index (Phi) is 3.66. The van der Waals surface area contributed by atoms with Crippen LogP contribution in [-0.4, -0.2) is 6.04 Å². The molecule has 1 unspecified atom stereocenters. The van der Waals surface area contributed by atoms with Crippen molar-refractivity contribution in [1.82, 2.24) is 5.32 Å². The van der Waals surface area contributed by atoms with Crippen LogP contribution in [0.15, 0.2) is 24.3 Å². The van der Waals surface area contributed by atoms with Crippen molar-refractivity contribution in [2.75, 3.05) is 0 Å². The van der Waals surface area contributed by atoms with Crippen molar-refractivity contribution in [3.05, 3.63) is 34.9 Å². The van der Waals surface area contributed by atoms with Crippen LogP contribution in [0.1, 0.15) is 44.2 Å². The summed E-state index contributed by atoms with van der Waals surface area (Å²) in [5.41, 5.74) is 1.36. The Morgan fingerprint density at radius 1 is 1.33 bits per heavy atom. The van der Waals surface area contributed by atoms with Crippen LogP contribution in [-0.2, 0) is 0 Å². The van der Waals surface area contributed by atoms with E-state index in [1.54, 1.807) is 0 Å². The van der Waals surface area contributed by atoms with E-state index in [0.29, 0.717) is 6.04 Å². The predicted molar refractivity (Wildman–Crippen MR) is 65.3 cm³/mol. The molecule has 0 heterocycles.